The van der Waals surface area contributed by atoms with Crippen LogP contribution in [0.3, 0.4) is 0 Å². The monoisotopic (exact) mass is 239 g/mol. The molecule has 0 radical (unpaired) electrons. The molecule has 0 saturated heterocycles. The lowest BCUT2D eigenvalue weighted by molar-refractivity contribution is 0.474. The average Bonchev–Trinajstić information content (AvgIpc) is 2.38. The second kappa shape index (κ2) is 5.50. The second-order valence-electron chi connectivity index (χ2n) is 4.56. The van der Waals surface area contributed by atoms with Crippen LogP contribution in [0.1, 0.15) is 30.9 Å². The van der Waals surface area contributed by atoms with Gasteiger partial charge in [-0.2, -0.15) is 0 Å². The first-order valence-electron chi connectivity index (χ1n) is 6.09. The van der Waals surface area contributed by atoms with Crippen molar-refractivity contribution in [2.75, 3.05) is 0 Å². The Labute approximate surface area is 108 Å². The molecule has 18 heavy (non-hydrogen) atoms. The molecule has 0 bridgehead atoms. The van der Waals surface area contributed by atoms with Gasteiger partial charge in [0, 0.05) is 11.8 Å². The molecular formula is C16H17NO. The fraction of sp³-hybridized carbons (Fsp3) is 0.188. The maximum atomic E-state index is 9.61. The van der Waals surface area contributed by atoms with Gasteiger partial charge in [-0.3, -0.25) is 4.99 Å². The Morgan fingerprint density at radius 2 is 1.67 bits per heavy atom. The quantitative estimate of drug-likeness (QED) is 0.797. The van der Waals surface area contributed by atoms with E-state index < -0.39 is 0 Å². The van der Waals surface area contributed by atoms with E-state index in [9.17, 15) is 5.11 Å². The third-order valence-electron chi connectivity index (χ3n) is 2.85. The minimum absolute atomic E-state index is 0.250. The molecule has 0 spiro atoms. The van der Waals surface area contributed by atoms with Gasteiger partial charge in [0.05, 0.1) is 5.69 Å². The Balaban J connectivity index is 2.17. The number of benzene rings is 2. The third-order valence-corrected chi connectivity index (χ3v) is 2.85. The predicted molar refractivity (Wildman–Crippen MR) is 75.9 cm³/mol. The summed E-state index contributed by atoms with van der Waals surface area (Å²) in [5.74, 6) is 0.779. The van der Waals surface area contributed by atoms with Crippen molar-refractivity contribution >= 4 is 11.9 Å². The van der Waals surface area contributed by atoms with Crippen LogP contribution in [0.4, 0.5) is 5.69 Å². The molecule has 2 aromatic rings. The summed E-state index contributed by atoms with van der Waals surface area (Å²) in [6.07, 6.45) is 1.68. The van der Waals surface area contributed by atoms with Crippen LogP contribution in [0.25, 0.3) is 0 Å². The molecule has 0 aromatic heterocycles. The Hall–Kier alpha value is -2.09. The number of rotatable bonds is 3. The van der Waals surface area contributed by atoms with E-state index in [0.717, 1.165) is 11.3 Å². The van der Waals surface area contributed by atoms with Gasteiger partial charge in [0.2, 0.25) is 0 Å². The minimum Gasteiger partial charge on any atom is -0.507 e. The number of hydrogen-bond donors (Lipinski definition) is 1. The molecule has 2 aromatic carbocycles. The summed E-state index contributed by atoms with van der Waals surface area (Å²) in [5.41, 5.74) is 2.92. The Morgan fingerprint density at radius 3 is 2.28 bits per heavy atom. The Kier molecular flexibility index (Phi) is 3.78. The van der Waals surface area contributed by atoms with Crippen LogP contribution in [-0.2, 0) is 0 Å². The molecule has 2 rings (SSSR count). The maximum absolute atomic E-state index is 9.61. The summed E-state index contributed by atoms with van der Waals surface area (Å²) < 4.78 is 0. The number of phenolic OH excluding ortho intramolecular Hbond substituents is 1. The van der Waals surface area contributed by atoms with Gasteiger partial charge in [-0.1, -0.05) is 38.1 Å². The lowest BCUT2D eigenvalue weighted by atomic mass is 10.0. The maximum Gasteiger partial charge on any atom is 0.124 e. The fourth-order valence-corrected chi connectivity index (χ4v) is 1.69. The largest absolute Gasteiger partial charge is 0.507 e. The van der Waals surface area contributed by atoms with Gasteiger partial charge in [0.1, 0.15) is 5.75 Å². The van der Waals surface area contributed by atoms with Crippen LogP contribution in [0.5, 0.6) is 5.75 Å². The van der Waals surface area contributed by atoms with Crippen LogP contribution in [-0.4, -0.2) is 11.3 Å². The van der Waals surface area contributed by atoms with Crippen LogP contribution in [0.2, 0.25) is 0 Å². The van der Waals surface area contributed by atoms with E-state index >= 15 is 0 Å². The molecule has 0 heterocycles. The van der Waals surface area contributed by atoms with Gasteiger partial charge in [-0.15, -0.1) is 0 Å². The van der Waals surface area contributed by atoms with Gasteiger partial charge in [-0.05, 0) is 35.7 Å². The highest BCUT2D eigenvalue weighted by Crippen LogP contribution is 2.20. The van der Waals surface area contributed by atoms with Gasteiger partial charge >= 0.3 is 0 Å². The first kappa shape index (κ1) is 12.4. The summed E-state index contributed by atoms with van der Waals surface area (Å²) in [4.78, 5) is 4.35. The van der Waals surface area contributed by atoms with E-state index in [1.807, 2.05) is 24.3 Å². The summed E-state index contributed by atoms with van der Waals surface area (Å²) in [6, 6.07) is 15.3. The molecule has 0 unspecified atom stereocenters. The fourth-order valence-electron chi connectivity index (χ4n) is 1.69. The molecule has 0 atom stereocenters. The number of para-hydroxylation sites is 1. The standard InChI is InChI=1S/C16H17NO/c1-12(2)13-7-9-15(10-8-13)17-11-14-5-3-4-6-16(14)18/h3-12,18H,1-2H3. The van der Waals surface area contributed by atoms with Crippen molar-refractivity contribution in [2.24, 2.45) is 4.99 Å². The van der Waals surface area contributed by atoms with Crippen LogP contribution >= 0.6 is 0 Å². The highest BCUT2D eigenvalue weighted by molar-refractivity contribution is 5.85. The van der Waals surface area contributed by atoms with Crippen molar-refractivity contribution in [1.29, 1.82) is 0 Å². The summed E-state index contributed by atoms with van der Waals surface area (Å²) in [7, 11) is 0. The zero-order valence-electron chi connectivity index (χ0n) is 10.7. The van der Waals surface area contributed by atoms with E-state index in [2.05, 4.69) is 31.0 Å². The van der Waals surface area contributed by atoms with E-state index in [1.165, 1.54) is 5.56 Å². The topological polar surface area (TPSA) is 32.6 Å². The molecule has 1 N–H and O–H groups in total. The normalized spacial score (nSPS) is 11.3. The van der Waals surface area contributed by atoms with Crippen molar-refractivity contribution in [2.45, 2.75) is 19.8 Å². The van der Waals surface area contributed by atoms with Crippen molar-refractivity contribution in [3.05, 3.63) is 59.7 Å². The predicted octanol–water partition coefficient (Wildman–Crippen LogP) is 4.27. The highest BCUT2D eigenvalue weighted by Gasteiger charge is 1.98. The van der Waals surface area contributed by atoms with Crippen LogP contribution in [0.15, 0.2) is 53.5 Å². The van der Waals surface area contributed by atoms with Crippen molar-refractivity contribution in [3.8, 4) is 5.75 Å². The summed E-state index contributed by atoms with van der Waals surface area (Å²) in [5, 5.41) is 9.61. The van der Waals surface area contributed by atoms with E-state index in [-0.39, 0.29) is 5.75 Å². The van der Waals surface area contributed by atoms with Crippen LogP contribution < -0.4 is 0 Å². The Bertz CT molecular complexity index is 541. The molecule has 2 nitrogen and oxygen atoms in total. The Morgan fingerprint density at radius 1 is 1.00 bits per heavy atom. The molecule has 2 heteroatoms. The van der Waals surface area contributed by atoms with Gasteiger partial charge in [0.15, 0.2) is 0 Å². The molecule has 0 aliphatic rings. The zero-order valence-corrected chi connectivity index (χ0v) is 10.7. The zero-order chi connectivity index (χ0) is 13.0. The highest BCUT2D eigenvalue weighted by atomic mass is 16.3. The van der Waals surface area contributed by atoms with Crippen LogP contribution in [0, 0.1) is 0 Å². The SMILES string of the molecule is CC(C)c1ccc(N=Cc2ccccc2O)cc1. The minimum atomic E-state index is 0.250. The lowest BCUT2D eigenvalue weighted by Crippen LogP contribution is -1.85. The van der Waals surface area contributed by atoms with Gasteiger partial charge in [0.25, 0.3) is 0 Å². The molecule has 0 saturated carbocycles. The molecule has 0 amide bonds. The number of nitrogens with zero attached hydrogens (tertiary/aromatic N) is 1. The number of aromatic hydroxyl groups is 1. The summed E-state index contributed by atoms with van der Waals surface area (Å²) in [6.45, 7) is 4.33. The van der Waals surface area contributed by atoms with Crippen molar-refractivity contribution in [1.82, 2.24) is 0 Å². The average molecular weight is 239 g/mol. The molecular weight excluding hydrogens is 222 g/mol. The smallest absolute Gasteiger partial charge is 0.124 e. The lowest BCUT2D eigenvalue weighted by Gasteiger charge is -2.04. The van der Waals surface area contributed by atoms with Gasteiger partial charge < -0.3 is 5.11 Å². The number of aliphatic imine (C=N–C) groups is 1. The molecule has 0 aliphatic carbocycles. The van der Waals surface area contributed by atoms with E-state index in [4.69, 9.17) is 0 Å². The first-order chi connectivity index (χ1) is 8.66. The van der Waals surface area contributed by atoms with Gasteiger partial charge in [-0.25, -0.2) is 0 Å². The number of hydrogen-bond acceptors (Lipinski definition) is 2. The van der Waals surface area contributed by atoms with Crippen molar-refractivity contribution in [3.63, 3.8) is 0 Å². The molecule has 0 fully saturated rings. The molecule has 92 valence electrons. The summed E-state index contributed by atoms with van der Waals surface area (Å²) >= 11 is 0. The number of phenols is 1. The van der Waals surface area contributed by atoms with E-state index in [0.29, 0.717) is 5.92 Å². The second-order valence-corrected chi connectivity index (χ2v) is 4.56. The molecule has 0 aliphatic heterocycles. The third kappa shape index (κ3) is 2.98. The van der Waals surface area contributed by atoms with Crippen molar-refractivity contribution < 1.29 is 5.11 Å². The first-order valence-corrected chi connectivity index (χ1v) is 6.09. The van der Waals surface area contributed by atoms with E-state index in [1.54, 1.807) is 18.3 Å².